The van der Waals surface area contributed by atoms with Crippen LogP contribution in [-0.2, 0) is 4.79 Å². The first-order valence-electron chi connectivity index (χ1n) is 11.8. The molecule has 0 aliphatic carbocycles. The molecule has 1 aliphatic heterocycles. The van der Waals surface area contributed by atoms with Crippen LogP contribution in [0, 0.1) is 23.5 Å². The number of nitrogen functional groups attached to an aromatic ring is 1. The number of likely N-dealkylation sites (tertiary alicyclic amines) is 1. The Bertz CT molecular complexity index is 1630. The molecule has 4 aromatic rings. The highest BCUT2D eigenvalue weighted by Gasteiger charge is 2.30. The fourth-order valence-electron chi connectivity index (χ4n) is 4.57. The molecule has 3 aromatic heterocycles. The summed E-state index contributed by atoms with van der Waals surface area (Å²) in [5, 5.41) is 5.10. The fraction of sp³-hybridized carbons (Fsp3) is 0.222. The summed E-state index contributed by atoms with van der Waals surface area (Å²) in [7, 11) is 2.51. The normalized spacial score (nSPS) is 14.7. The van der Waals surface area contributed by atoms with Gasteiger partial charge in [0.1, 0.15) is 23.4 Å². The van der Waals surface area contributed by atoms with Gasteiger partial charge in [0.2, 0.25) is 5.91 Å². The first kappa shape index (κ1) is 25.6. The minimum atomic E-state index is -0.978. The van der Waals surface area contributed by atoms with Gasteiger partial charge in [-0.05, 0) is 24.5 Å². The predicted molar refractivity (Wildman–Crippen MR) is 139 cm³/mol. The maximum Gasteiger partial charge on any atom is 0.246 e. The van der Waals surface area contributed by atoms with Gasteiger partial charge in [0.05, 0.1) is 36.9 Å². The van der Waals surface area contributed by atoms with Crippen LogP contribution in [0.2, 0.25) is 0 Å². The second-order valence-electron chi connectivity index (χ2n) is 8.63. The number of halogens is 2. The lowest BCUT2D eigenvalue weighted by Gasteiger charge is -2.16. The van der Waals surface area contributed by atoms with E-state index in [1.807, 2.05) is 0 Å². The molecule has 0 saturated carbocycles. The van der Waals surface area contributed by atoms with Gasteiger partial charge in [0, 0.05) is 37.1 Å². The number of ether oxygens (including phenoxy) is 2. The maximum atomic E-state index is 15.0. The number of amides is 1. The van der Waals surface area contributed by atoms with Gasteiger partial charge < -0.3 is 20.1 Å². The molecule has 1 amide bonds. The van der Waals surface area contributed by atoms with Gasteiger partial charge in [-0.1, -0.05) is 12.5 Å². The third-order valence-electron chi connectivity index (χ3n) is 6.49. The molecule has 12 heteroatoms. The number of anilines is 1. The van der Waals surface area contributed by atoms with Gasteiger partial charge in [-0.25, -0.2) is 23.7 Å². The van der Waals surface area contributed by atoms with Crippen LogP contribution in [0.15, 0.2) is 43.5 Å². The topological polar surface area (TPSA) is 121 Å². The third kappa shape index (κ3) is 4.48. The van der Waals surface area contributed by atoms with Crippen molar-refractivity contribution in [1.82, 2.24) is 29.6 Å². The van der Waals surface area contributed by atoms with Crippen LogP contribution in [0.3, 0.4) is 0 Å². The standard InChI is InChI=1S/C27H23F2N7O3/c1-4-22(37)35-10-8-15(13-35)36-26-17(18-7-9-31-14-33-18)12-32-27(30)23(26)19(34-36)6-5-16-24(28)20(38-2)11-21(39-3)25(16)29/h4,7,9,11-12,14-15H,1,8,10,13H2,2-3H3,(H2,30,32). The summed E-state index contributed by atoms with van der Waals surface area (Å²) in [6, 6.07) is 2.58. The van der Waals surface area contributed by atoms with Crippen LogP contribution in [0.5, 0.6) is 11.5 Å². The monoisotopic (exact) mass is 531 g/mol. The van der Waals surface area contributed by atoms with Gasteiger partial charge in [-0.2, -0.15) is 5.10 Å². The molecule has 1 aliphatic rings. The number of pyridine rings is 1. The van der Waals surface area contributed by atoms with Crippen molar-refractivity contribution in [2.45, 2.75) is 12.5 Å². The number of rotatable bonds is 5. The molecule has 1 unspecified atom stereocenters. The number of aromatic nitrogens is 5. The van der Waals surface area contributed by atoms with Crippen LogP contribution < -0.4 is 15.2 Å². The lowest BCUT2D eigenvalue weighted by molar-refractivity contribution is -0.125. The Morgan fingerprint density at radius 1 is 1.21 bits per heavy atom. The maximum absolute atomic E-state index is 15.0. The average molecular weight is 532 g/mol. The summed E-state index contributed by atoms with van der Waals surface area (Å²) in [5.41, 5.74) is 7.66. The first-order chi connectivity index (χ1) is 18.9. The van der Waals surface area contributed by atoms with E-state index in [-0.39, 0.29) is 35.0 Å². The highest BCUT2D eigenvalue weighted by Crippen LogP contribution is 2.36. The molecule has 0 bridgehead atoms. The molecule has 1 atom stereocenters. The molecule has 39 heavy (non-hydrogen) atoms. The molecule has 10 nitrogen and oxygen atoms in total. The van der Waals surface area contributed by atoms with Gasteiger partial charge in [-0.15, -0.1) is 0 Å². The molecule has 198 valence electrons. The molecule has 4 heterocycles. The number of benzene rings is 1. The third-order valence-corrected chi connectivity index (χ3v) is 6.49. The van der Waals surface area contributed by atoms with Crippen LogP contribution in [0.1, 0.15) is 23.7 Å². The van der Waals surface area contributed by atoms with Gasteiger partial charge in [0.25, 0.3) is 0 Å². The Morgan fingerprint density at radius 3 is 2.59 bits per heavy atom. The van der Waals surface area contributed by atoms with Gasteiger partial charge >= 0.3 is 0 Å². The van der Waals surface area contributed by atoms with Crippen molar-refractivity contribution in [1.29, 1.82) is 0 Å². The smallest absolute Gasteiger partial charge is 0.246 e. The number of methoxy groups -OCH3 is 2. The summed E-state index contributed by atoms with van der Waals surface area (Å²) >= 11 is 0. The fourth-order valence-corrected chi connectivity index (χ4v) is 4.57. The van der Waals surface area contributed by atoms with Crippen LogP contribution in [0.4, 0.5) is 14.6 Å². The number of hydrogen-bond acceptors (Lipinski definition) is 8. The van der Waals surface area contributed by atoms with E-state index in [2.05, 4.69) is 33.4 Å². The zero-order valence-electron chi connectivity index (χ0n) is 21.1. The molecule has 0 radical (unpaired) electrons. The Balaban J connectivity index is 1.73. The van der Waals surface area contributed by atoms with E-state index in [1.165, 1.54) is 26.6 Å². The number of fused-ring (bicyclic) bond motifs is 1. The first-order valence-corrected chi connectivity index (χ1v) is 11.8. The van der Waals surface area contributed by atoms with Crippen molar-refractivity contribution >= 4 is 22.6 Å². The number of carbonyl (C=O) groups excluding carboxylic acids is 1. The number of nitrogens with two attached hydrogens (primary N) is 1. The van der Waals surface area contributed by atoms with Crippen molar-refractivity contribution in [3.63, 3.8) is 0 Å². The molecule has 1 aromatic carbocycles. The Kier molecular flexibility index (Phi) is 6.81. The highest BCUT2D eigenvalue weighted by atomic mass is 19.1. The summed E-state index contributed by atoms with van der Waals surface area (Å²) in [6.07, 6.45) is 6.43. The molecule has 0 spiro atoms. The van der Waals surface area contributed by atoms with Crippen molar-refractivity contribution in [2.75, 3.05) is 33.0 Å². The van der Waals surface area contributed by atoms with Gasteiger partial charge in [0.15, 0.2) is 23.1 Å². The molecule has 1 fully saturated rings. The summed E-state index contributed by atoms with van der Waals surface area (Å²) < 4.78 is 41.7. The van der Waals surface area contributed by atoms with E-state index >= 15 is 0 Å². The molecular formula is C27H23F2N7O3. The number of carbonyl (C=O) groups is 1. The SMILES string of the molecule is C=CC(=O)N1CCC(n2nc(C#Cc3c(F)c(OC)cc(OC)c3F)c3c(N)ncc(-c4ccncn4)c32)C1. The van der Waals surface area contributed by atoms with E-state index in [4.69, 9.17) is 20.3 Å². The lowest BCUT2D eigenvalue weighted by atomic mass is 10.1. The molecular weight excluding hydrogens is 508 g/mol. The Labute approximate surface area is 222 Å². The Morgan fingerprint density at radius 2 is 1.95 bits per heavy atom. The van der Waals surface area contributed by atoms with Crippen LogP contribution in [0.25, 0.3) is 22.2 Å². The summed E-state index contributed by atoms with van der Waals surface area (Å²) in [6.45, 7) is 4.44. The average Bonchev–Trinajstić information content (AvgIpc) is 3.59. The predicted octanol–water partition coefficient (Wildman–Crippen LogP) is 3.13. The zero-order valence-corrected chi connectivity index (χ0v) is 21.1. The molecule has 2 N–H and O–H groups in total. The van der Waals surface area contributed by atoms with Crippen LogP contribution in [-0.4, -0.2) is 62.8 Å². The van der Waals surface area contributed by atoms with Crippen molar-refractivity contribution in [2.24, 2.45) is 0 Å². The van der Waals surface area contributed by atoms with Crippen molar-refractivity contribution in [3.05, 3.63) is 66.4 Å². The largest absolute Gasteiger partial charge is 0.493 e. The second-order valence-corrected chi connectivity index (χ2v) is 8.63. The summed E-state index contributed by atoms with van der Waals surface area (Å²) in [5.74, 6) is 2.85. The van der Waals surface area contributed by atoms with Crippen molar-refractivity contribution in [3.8, 4) is 34.6 Å². The quantitative estimate of drug-likeness (QED) is 0.308. The van der Waals surface area contributed by atoms with E-state index in [0.717, 1.165) is 6.07 Å². The number of hydrogen-bond donors (Lipinski definition) is 1. The highest BCUT2D eigenvalue weighted by molar-refractivity contribution is 6.01. The minimum Gasteiger partial charge on any atom is -0.493 e. The van der Waals surface area contributed by atoms with Crippen molar-refractivity contribution < 1.29 is 23.0 Å². The molecule has 5 rings (SSSR count). The van der Waals surface area contributed by atoms with E-state index in [1.54, 1.807) is 28.0 Å². The second kappa shape index (κ2) is 10.4. The lowest BCUT2D eigenvalue weighted by Crippen LogP contribution is -2.27. The summed E-state index contributed by atoms with van der Waals surface area (Å²) in [4.78, 5) is 26.5. The van der Waals surface area contributed by atoms with Gasteiger partial charge in [-0.3, -0.25) is 9.48 Å². The zero-order chi connectivity index (χ0) is 27.7. The molecule has 1 saturated heterocycles. The van der Waals surface area contributed by atoms with E-state index < -0.39 is 17.2 Å². The minimum absolute atomic E-state index is 0.125. The number of nitrogens with zero attached hydrogens (tertiary/aromatic N) is 6. The van der Waals surface area contributed by atoms with E-state index in [9.17, 15) is 13.6 Å². The van der Waals surface area contributed by atoms with E-state index in [0.29, 0.717) is 41.7 Å². The van der Waals surface area contributed by atoms with Crippen LogP contribution >= 0.6 is 0 Å². The Hall–Kier alpha value is -5.05.